The Hall–Kier alpha value is -2.29. The summed E-state index contributed by atoms with van der Waals surface area (Å²) in [7, 11) is 0. The van der Waals surface area contributed by atoms with Crippen LogP contribution in [-0.2, 0) is 4.74 Å². The lowest BCUT2D eigenvalue weighted by Gasteiger charge is -2.12. The zero-order valence-corrected chi connectivity index (χ0v) is 11.1. The monoisotopic (exact) mass is 256 g/mol. The van der Waals surface area contributed by atoms with Gasteiger partial charge in [0.15, 0.2) is 0 Å². The van der Waals surface area contributed by atoms with Gasteiger partial charge in [0.1, 0.15) is 12.4 Å². The number of carbonyl (C=O) groups is 1. The van der Waals surface area contributed by atoms with Gasteiger partial charge in [-0.1, -0.05) is 36.9 Å². The number of hydrogen-bond donors (Lipinski definition) is 0. The fraction of sp³-hybridized carbons (Fsp3) is 0.188. The molecule has 0 fully saturated rings. The van der Waals surface area contributed by atoms with E-state index in [4.69, 9.17) is 9.47 Å². The minimum absolute atomic E-state index is 0.143. The zero-order valence-electron chi connectivity index (χ0n) is 11.1. The minimum atomic E-state index is -0.707. The van der Waals surface area contributed by atoms with Gasteiger partial charge >= 0.3 is 6.16 Å². The Morgan fingerprint density at radius 3 is 2.79 bits per heavy atom. The maximum Gasteiger partial charge on any atom is 0.514 e. The van der Waals surface area contributed by atoms with Crippen LogP contribution in [0.4, 0.5) is 4.79 Å². The number of rotatable bonds is 3. The molecular weight excluding hydrogens is 240 g/mol. The van der Waals surface area contributed by atoms with E-state index < -0.39 is 6.16 Å². The first-order chi connectivity index (χ1) is 9.13. The number of fused-ring (bicyclic) bond motifs is 1. The molecule has 0 saturated carbocycles. The zero-order chi connectivity index (χ0) is 13.8. The second-order valence-corrected chi connectivity index (χ2v) is 4.32. The van der Waals surface area contributed by atoms with Crippen molar-refractivity contribution in [2.45, 2.75) is 13.8 Å². The summed E-state index contributed by atoms with van der Waals surface area (Å²) in [5.74, 6) is 0.563. The summed E-state index contributed by atoms with van der Waals surface area (Å²) in [4.78, 5) is 11.5. The molecule has 0 heterocycles. The van der Waals surface area contributed by atoms with E-state index in [9.17, 15) is 4.79 Å². The molecule has 0 aliphatic rings. The molecule has 98 valence electrons. The van der Waals surface area contributed by atoms with Crippen LogP contribution in [-0.4, -0.2) is 12.8 Å². The van der Waals surface area contributed by atoms with Crippen molar-refractivity contribution in [2.24, 2.45) is 0 Å². The highest BCUT2D eigenvalue weighted by atomic mass is 16.7. The van der Waals surface area contributed by atoms with E-state index in [1.165, 1.54) is 6.08 Å². The molecule has 2 aromatic rings. The Morgan fingerprint density at radius 2 is 2.05 bits per heavy atom. The lowest BCUT2D eigenvalue weighted by molar-refractivity contribution is 0.109. The largest absolute Gasteiger partial charge is 0.514 e. The van der Waals surface area contributed by atoms with Crippen LogP contribution in [0, 0.1) is 13.8 Å². The Balaban J connectivity index is 2.37. The Kier molecular flexibility index (Phi) is 3.85. The summed E-state index contributed by atoms with van der Waals surface area (Å²) < 4.78 is 10.1. The van der Waals surface area contributed by atoms with Crippen molar-refractivity contribution in [1.29, 1.82) is 0 Å². The van der Waals surface area contributed by atoms with Crippen molar-refractivity contribution in [3.05, 3.63) is 54.1 Å². The van der Waals surface area contributed by atoms with Gasteiger partial charge in [0.25, 0.3) is 0 Å². The Labute approximate surface area is 112 Å². The molecular formula is C16H16O3. The number of aryl methyl sites for hydroxylation is 2. The molecule has 3 heteroatoms. The van der Waals surface area contributed by atoms with Gasteiger partial charge in [0.2, 0.25) is 0 Å². The second-order valence-electron chi connectivity index (χ2n) is 4.32. The maximum atomic E-state index is 11.5. The van der Waals surface area contributed by atoms with Crippen molar-refractivity contribution >= 4 is 16.9 Å². The van der Waals surface area contributed by atoms with Gasteiger partial charge in [0.05, 0.1) is 0 Å². The quantitative estimate of drug-likeness (QED) is 0.470. The molecule has 19 heavy (non-hydrogen) atoms. The molecule has 0 unspecified atom stereocenters. The van der Waals surface area contributed by atoms with E-state index in [-0.39, 0.29) is 6.61 Å². The first-order valence-electron chi connectivity index (χ1n) is 6.08. The summed E-state index contributed by atoms with van der Waals surface area (Å²) in [6.45, 7) is 7.47. The summed E-state index contributed by atoms with van der Waals surface area (Å²) >= 11 is 0. The average Bonchev–Trinajstić information content (AvgIpc) is 2.41. The summed E-state index contributed by atoms with van der Waals surface area (Å²) in [5.41, 5.74) is 1.85. The van der Waals surface area contributed by atoms with Crippen molar-refractivity contribution in [3.8, 4) is 5.75 Å². The molecule has 0 amide bonds. The number of ether oxygens (including phenoxy) is 2. The molecule has 2 rings (SSSR count). The Bertz CT molecular complexity index is 629. The topological polar surface area (TPSA) is 35.5 Å². The standard InChI is InChI=1S/C16H16O3/c1-4-9-18-16(17)19-15-11(2)10-13-7-5-6-8-14(13)12(15)3/h4-8,10H,1,9H2,2-3H3. The van der Waals surface area contributed by atoms with Crippen LogP contribution in [0.1, 0.15) is 11.1 Å². The van der Waals surface area contributed by atoms with Crippen molar-refractivity contribution in [3.63, 3.8) is 0 Å². The van der Waals surface area contributed by atoms with Crippen LogP contribution >= 0.6 is 0 Å². The first-order valence-corrected chi connectivity index (χ1v) is 6.08. The smallest absolute Gasteiger partial charge is 0.430 e. The van der Waals surface area contributed by atoms with E-state index in [1.54, 1.807) is 0 Å². The molecule has 3 nitrogen and oxygen atoms in total. The third-order valence-electron chi connectivity index (χ3n) is 2.94. The third-order valence-corrected chi connectivity index (χ3v) is 2.94. The highest BCUT2D eigenvalue weighted by Crippen LogP contribution is 2.31. The minimum Gasteiger partial charge on any atom is -0.430 e. The molecule has 0 aliphatic heterocycles. The van der Waals surface area contributed by atoms with E-state index in [1.807, 2.05) is 44.2 Å². The van der Waals surface area contributed by atoms with Crippen LogP contribution in [0.15, 0.2) is 43.0 Å². The molecule has 0 aliphatic carbocycles. The van der Waals surface area contributed by atoms with Crippen LogP contribution < -0.4 is 4.74 Å². The van der Waals surface area contributed by atoms with Gasteiger partial charge < -0.3 is 9.47 Å². The first kappa shape index (κ1) is 13.1. The average molecular weight is 256 g/mol. The van der Waals surface area contributed by atoms with Gasteiger partial charge in [-0.2, -0.15) is 0 Å². The third kappa shape index (κ3) is 2.76. The lowest BCUT2D eigenvalue weighted by atomic mass is 10.0. The SMILES string of the molecule is C=CCOC(=O)Oc1c(C)cc2ccccc2c1C. The maximum absolute atomic E-state index is 11.5. The highest BCUT2D eigenvalue weighted by Gasteiger charge is 2.13. The lowest BCUT2D eigenvalue weighted by Crippen LogP contribution is -2.12. The fourth-order valence-electron chi connectivity index (χ4n) is 2.08. The molecule has 0 bridgehead atoms. The number of hydrogen-bond acceptors (Lipinski definition) is 3. The predicted molar refractivity (Wildman–Crippen MR) is 75.6 cm³/mol. The van der Waals surface area contributed by atoms with Crippen LogP contribution in [0.3, 0.4) is 0 Å². The molecule has 0 N–H and O–H groups in total. The highest BCUT2D eigenvalue weighted by molar-refractivity contribution is 5.89. The Morgan fingerprint density at radius 1 is 1.32 bits per heavy atom. The molecule has 0 atom stereocenters. The van der Waals surface area contributed by atoms with E-state index in [2.05, 4.69) is 6.58 Å². The summed E-state index contributed by atoms with van der Waals surface area (Å²) in [6.07, 6.45) is 0.794. The molecule has 0 saturated heterocycles. The van der Waals surface area contributed by atoms with Gasteiger partial charge in [-0.25, -0.2) is 4.79 Å². The van der Waals surface area contributed by atoms with Crippen molar-refractivity contribution in [2.75, 3.05) is 6.61 Å². The van der Waals surface area contributed by atoms with E-state index in [0.717, 1.165) is 21.9 Å². The fourth-order valence-corrected chi connectivity index (χ4v) is 2.08. The number of carbonyl (C=O) groups excluding carboxylic acids is 1. The van der Waals surface area contributed by atoms with Gasteiger partial charge in [-0.3, -0.25) is 0 Å². The summed E-state index contributed by atoms with van der Waals surface area (Å²) in [6, 6.07) is 9.99. The van der Waals surface area contributed by atoms with Crippen LogP contribution in [0.2, 0.25) is 0 Å². The van der Waals surface area contributed by atoms with Crippen molar-refractivity contribution in [1.82, 2.24) is 0 Å². The van der Waals surface area contributed by atoms with Crippen LogP contribution in [0.5, 0.6) is 5.75 Å². The van der Waals surface area contributed by atoms with Gasteiger partial charge in [-0.05, 0) is 36.2 Å². The predicted octanol–water partition coefficient (Wildman–Crippen LogP) is 4.16. The molecule has 0 radical (unpaired) electrons. The number of benzene rings is 2. The van der Waals surface area contributed by atoms with Gasteiger partial charge in [0, 0.05) is 5.56 Å². The van der Waals surface area contributed by atoms with Gasteiger partial charge in [-0.15, -0.1) is 0 Å². The van der Waals surface area contributed by atoms with Crippen molar-refractivity contribution < 1.29 is 14.3 Å². The van der Waals surface area contributed by atoms with Crippen LogP contribution in [0.25, 0.3) is 10.8 Å². The second kappa shape index (κ2) is 5.57. The summed E-state index contributed by atoms with van der Waals surface area (Å²) in [5, 5.41) is 2.20. The van der Waals surface area contributed by atoms with E-state index in [0.29, 0.717) is 5.75 Å². The molecule has 2 aromatic carbocycles. The molecule has 0 aromatic heterocycles. The normalized spacial score (nSPS) is 10.2. The van der Waals surface area contributed by atoms with E-state index >= 15 is 0 Å². The molecule has 0 spiro atoms.